The molecule has 11 heteroatoms. The standard InChI is InChI=1S/C18H18N6O5/c25-16(21-12-4-8-22(9-5-12)17-19-6-1-7-20-17)11-23-14-3-2-13(24(27)28)10-15(14)29-18(23)26/h1-3,6-7,10,12H,4-5,8-9,11H2,(H,21,25). The number of nitrogens with one attached hydrogen (secondary N) is 1. The van der Waals surface area contributed by atoms with Gasteiger partial charge in [0.15, 0.2) is 5.58 Å². The van der Waals surface area contributed by atoms with Gasteiger partial charge in [-0.25, -0.2) is 14.8 Å². The Morgan fingerprint density at radius 2 is 2.00 bits per heavy atom. The highest BCUT2D eigenvalue weighted by molar-refractivity contribution is 5.80. The third kappa shape index (κ3) is 3.93. The number of benzene rings is 1. The van der Waals surface area contributed by atoms with Crippen LogP contribution in [0.3, 0.4) is 0 Å². The van der Waals surface area contributed by atoms with Crippen LogP contribution in [-0.2, 0) is 11.3 Å². The second-order valence-corrected chi connectivity index (χ2v) is 6.74. The minimum atomic E-state index is -0.730. The second kappa shape index (κ2) is 7.70. The van der Waals surface area contributed by atoms with E-state index in [1.54, 1.807) is 18.5 Å². The maximum absolute atomic E-state index is 12.4. The summed E-state index contributed by atoms with van der Waals surface area (Å²) in [5.74, 6) is -0.378. The van der Waals surface area contributed by atoms with Crippen molar-refractivity contribution in [2.45, 2.75) is 25.4 Å². The van der Waals surface area contributed by atoms with E-state index in [4.69, 9.17) is 4.42 Å². The number of rotatable bonds is 5. The van der Waals surface area contributed by atoms with Crippen LogP contribution in [0.25, 0.3) is 11.1 Å². The zero-order valence-corrected chi connectivity index (χ0v) is 15.4. The molecule has 0 radical (unpaired) electrons. The summed E-state index contributed by atoms with van der Waals surface area (Å²) in [6.45, 7) is 1.21. The van der Waals surface area contributed by atoms with Gasteiger partial charge in [-0.05, 0) is 25.0 Å². The van der Waals surface area contributed by atoms with Crippen LogP contribution in [0.1, 0.15) is 12.8 Å². The first-order valence-corrected chi connectivity index (χ1v) is 9.10. The molecular weight excluding hydrogens is 380 g/mol. The van der Waals surface area contributed by atoms with E-state index in [0.717, 1.165) is 12.8 Å². The number of nitro benzene ring substituents is 1. The molecule has 0 spiro atoms. The first kappa shape index (κ1) is 18.6. The SMILES string of the molecule is O=C(Cn1c(=O)oc2cc([N+](=O)[O-])ccc21)NC1CCN(c2ncccn2)CC1. The molecule has 4 rings (SSSR count). The molecule has 29 heavy (non-hydrogen) atoms. The predicted molar refractivity (Wildman–Crippen MR) is 103 cm³/mol. The van der Waals surface area contributed by atoms with E-state index < -0.39 is 10.7 Å². The van der Waals surface area contributed by atoms with Crippen molar-refractivity contribution in [3.63, 3.8) is 0 Å². The summed E-state index contributed by atoms with van der Waals surface area (Å²) >= 11 is 0. The van der Waals surface area contributed by atoms with E-state index in [1.165, 1.54) is 22.8 Å². The van der Waals surface area contributed by atoms with E-state index in [2.05, 4.69) is 20.2 Å². The number of non-ortho nitro benzene ring substituents is 1. The number of nitrogens with zero attached hydrogens (tertiary/aromatic N) is 5. The van der Waals surface area contributed by atoms with Crippen molar-refractivity contribution in [2.24, 2.45) is 0 Å². The third-order valence-electron chi connectivity index (χ3n) is 4.86. The molecule has 1 amide bonds. The number of hydrogen-bond acceptors (Lipinski definition) is 8. The van der Waals surface area contributed by atoms with E-state index in [0.29, 0.717) is 24.6 Å². The van der Waals surface area contributed by atoms with Crippen molar-refractivity contribution < 1.29 is 14.1 Å². The van der Waals surface area contributed by atoms with Crippen LogP contribution in [0.2, 0.25) is 0 Å². The van der Waals surface area contributed by atoms with Gasteiger partial charge in [-0.2, -0.15) is 0 Å². The number of carbonyl (C=O) groups is 1. The Hall–Kier alpha value is -3.76. The lowest BCUT2D eigenvalue weighted by atomic mass is 10.1. The molecule has 0 unspecified atom stereocenters. The second-order valence-electron chi connectivity index (χ2n) is 6.74. The third-order valence-corrected chi connectivity index (χ3v) is 4.86. The molecule has 11 nitrogen and oxygen atoms in total. The van der Waals surface area contributed by atoms with Crippen molar-refractivity contribution in [3.05, 3.63) is 57.3 Å². The number of carbonyl (C=O) groups excluding carboxylic acids is 1. The zero-order chi connectivity index (χ0) is 20.4. The Morgan fingerprint density at radius 1 is 1.28 bits per heavy atom. The number of amides is 1. The lowest BCUT2D eigenvalue weighted by Crippen LogP contribution is -2.46. The fraction of sp³-hybridized carbons (Fsp3) is 0.333. The quantitative estimate of drug-likeness (QED) is 0.498. The highest BCUT2D eigenvalue weighted by Gasteiger charge is 2.23. The largest absolute Gasteiger partial charge is 0.420 e. The normalized spacial score (nSPS) is 14.8. The summed E-state index contributed by atoms with van der Waals surface area (Å²) < 4.78 is 6.21. The highest BCUT2D eigenvalue weighted by atomic mass is 16.6. The summed E-state index contributed by atoms with van der Waals surface area (Å²) in [5, 5.41) is 13.8. The Kier molecular flexibility index (Phi) is 4.94. The number of fused-ring (bicyclic) bond motifs is 1. The first-order valence-electron chi connectivity index (χ1n) is 9.10. The van der Waals surface area contributed by atoms with Gasteiger partial charge in [0.1, 0.15) is 6.54 Å². The van der Waals surface area contributed by atoms with E-state index in [1.807, 2.05) is 0 Å². The topological polar surface area (TPSA) is 136 Å². The van der Waals surface area contributed by atoms with E-state index in [9.17, 15) is 19.7 Å². The van der Waals surface area contributed by atoms with Crippen molar-refractivity contribution in [3.8, 4) is 0 Å². The molecule has 1 aliphatic heterocycles. The molecule has 150 valence electrons. The molecule has 1 fully saturated rings. The van der Waals surface area contributed by atoms with Crippen LogP contribution >= 0.6 is 0 Å². The van der Waals surface area contributed by atoms with Gasteiger partial charge >= 0.3 is 5.76 Å². The van der Waals surface area contributed by atoms with Gasteiger partial charge in [0.25, 0.3) is 5.69 Å². The summed E-state index contributed by atoms with van der Waals surface area (Å²) in [5.41, 5.74) is 0.233. The van der Waals surface area contributed by atoms with Crippen LogP contribution in [-0.4, -0.2) is 44.5 Å². The summed E-state index contributed by atoms with van der Waals surface area (Å²) in [6, 6.07) is 5.59. The fourth-order valence-corrected chi connectivity index (χ4v) is 3.41. The van der Waals surface area contributed by atoms with Gasteiger partial charge in [-0.3, -0.25) is 19.5 Å². The lowest BCUT2D eigenvalue weighted by molar-refractivity contribution is -0.384. The molecule has 0 saturated carbocycles. The van der Waals surface area contributed by atoms with E-state index in [-0.39, 0.29) is 29.8 Å². The number of hydrogen-bond donors (Lipinski definition) is 1. The van der Waals surface area contributed by atoms with Gasteiger partial charge in [0.05, 0.1) is 16.5 Å². The Bertz CT molecular complexity index is 1100. The minimum absolute atomic E-state index is 0.0163. The predicted octanol–water partition coefficient (Wildman–Crippen LogP) is 1.08. The number of anilines is 1. The van der Waals surface area contributed by atoms with Crippen LogP contribution < -0.4 is 16.0 Å². The summed E-state index contributed by atoms with van der Waals surface area (Å²) in [6.07, 6.45) is 4.85. The van der Waals surface area contributed by atoms with Crippen molar-refractivity contribution >= 4 is 28.6 Å². The minimum Gasteiger partial charge on any atom is -0.407 e. The molecule has 1 N–H and O–H groups in total. The van der Waals surface area contributed by atoms with Crippen molar-refractivity contribution in [1.82, 2.24) is 19.9 Å². The Balaban J connectivity index is 1.39. The summed E-state index contributed by atoms with van der Waals surface area (Å²) in [7, 11) is 0. The average molecular weight is 398 g/mol. The van der Waals surface area contributed by atoms with Gasteiger partial charge in [0.2, 0.25) is 11.9 Å². The van der Waals surface area contributed by atoms with Crippen LogP contribution in [0.4, 0.5) is 11.6 Å². The molecule has 3 aromatic rings. The number of nitro groups is 1. The molecule has 2 aromatic heterocycles. The highest BCUT2D eigenvalue weighted by Crippen LogP contribution is 2.20. The summed E-state index contributed by atoms with van der Waals surface area (Å²) in [4.78, 5) is 45.3. The molecule has 1 aliphatic rings. The molecule has 1 aromatic carbocycles. The average Bonchev–Trinajstić information content (AvgIpc) is 3.03. The number of piperidine rings is 1. The monoisotopic (exact) mass is 398 g/mol. The molecule has 3 heterocycles. The van der Waals surface area contributed by atoms with Crippen molar-refractivity contribution in [1.29, 1.82) is 0 Å². The van der Waals surface area contributed by atoms with Gasteiger partial charge in [-0.15, -0.1) is 0 Å². The fourth-order valence-electron chi connectivity index (χ4n) is 3.41. The van der Waals surface area contributed by atoms with Gasteiger partial charge in [-0.1, -0.05) is 0 Å². The van der Waals surface area contributed by atoms with Crippen LogP contribution in [0.5, 0.6) is 0 Å². The zero-order valence-electron chi connectivity index (χ0n) is 15.4. The maximum Gasteiger partial charge on any atom is 0.420 e. The molecule has 0 bridgehead atoms. The number of oxazole rings is 1. The Morgan fingerprint density at radius 3 is 2.69 bits per heavy atom. The lowest BCUT2D eigenvalue weighted by Gasteiger charge is -2.32. The first-order chi connectivity index (χ1) is 14.0. The van der Waals surface area contributed by atoms with Crippen LogP contribution in [0, 0.1) is 10.1 Å². The molecule has 0 atom stereocenters. The maximum atomic E-state index is 12.4. The van der Waals surface area contributed by atoms with Crippen molar-refractivity contribution in [2.75, 3.05) is 18.0 Å². The number of aromatic nitrogens is 3. The molecule has 0 aliphatic carbocycles. The van der Waals surface area contributed by atoms with Crippen LogP contribution in [0.15, 0.2) is 45.9 Å². The van der Waals surface area contributed by atoms with Gasteiger partial charge < -0.3 is 14.6 Å². The van der Waals surface area contributed by atoms with E-state index >= 15 is 0 Å². The molecular formula is C18H18N6O5. The van der Waals surface area contributed by atoms with Gasteiger partial charge in [0, 0.05) is 37.6 Å². The molecule has 1 saturated heterocycles. The Labute approximate surface area is 164 Å². The smallest absolute Gasteiger partial charge is 0.407 e.